The number of hydrogen-bond donors (Lipinski definition) is 1. The third-order valence-corrected chi connectivity index (χ3v) is 5.30. The van der Waals surface area contributed by atoms with E-state index in [0.717, 1.165) is 5.56 Å². The number of likely N-dealkylation sites (N-methyl/N-ethyl adjacent to an activating group) is 1. The molecule has 24 heavy (non-hydrogen) atoms. The molecule has 0 aromatic heterocycles. The lowest BCUT2D eigenvalue weighted by molar-refractivity contribution is -0.125. The van der Waals surface area contributed by atoms with Crippen molar-refractivity contribution in [2.24, 2.45) is 0 Å². The van der Waals surface area contributed by atoms with Gasteiger partial charge in [0.15, 0.2) is 6.10 Å². The molecule has 0 radical (unpaired) electrons. The van der Waals surface area contributed by atoms with E-state index in [9.17, 15) is 13.2 Å². The molecule has 2 aromatic carbocycles. The zero-order valence-corrected chi connectivity index (χ0v) is 14.2. The van der Waals surface area contributed by atoms with E-state index >= 15 is 0 Å². The van der Waals surface area contributed by atoms with Crippen LogP contribution in [0.5, 0.6) is 5.75 Å². The second kappa shape index (κ2) is 6.26. The molecule has 1 aliphatic heterocycles. The average Bonchev–Trinajstić information content (AvgIpc) is 2.59. The van der Waals surface area contributed by atoms with E-state index in [2.05, 4.69) is 4.72 Å². The van der Waals surface area contributed by atoms with Crippen LogP contribution >= 0.6 is 0 Å². The summed E-state index contributed by atoms with van der Waals surface area (Å²) < 4.78 is 32.6. The van der Waals surface area contributed by atoms with Crippen molar-refractivity contribution in [2.45, 2.75) is 24.5 Å². The molecular formula is C17H18N2O4S. The summed E-state index contributed by atoms with van der Waals surface area (Å²) in [7, 11) is -1.90. The Labute approximate surface area is 141 Å². The van der Waals surface area contributed by atoms with Gasteiger partial charge in [0.25, 0.3) is 5.91 Å². The molecule has 1 atom stereocenters. The molecule has 1 amide bonds. The second-order valence-electron chi connectivity index (χ2n) is 5.60. The fourth-order valence-electron chi connectivity index (χ4n) is 2.53. The maximum Gasteiger partial charge on any atom is 0.267 e. The summed E-state index contributed by atoms with van der Waals surface area (Å²) in [5, 5.41) is 0. The Morgan fingerprint density at radius 2 is 1.88 bits per heavy atom. The smallest absolute Gasteiger partial charge is 0.267 e. The van der Waals surface area contributed by atoms with E-state index in [4.69, 9.17) is 4.74 Å². The number of amides is 1. The molecule has 7 heteroatoms. The van der Waals surface area contributed by atoms with E-state index in [1.807, 2.05) is 0 Å². The van der Waals surface area contributed by atoms with Crippen LogP contribution in [0.2, 0.25) is 0 Å². The van der Waals surface area contributed by atoms with Gasteiger partial charge in [0.05, 0.1) is 10.6 Å². The van der Waals surface area contributed by atoms with Crippen molar-refractivity contribution < 1.29 is 17.9 Å². The van der Waals surface area contributed by atoms with Crippen molar-refractivity contribution in [1.29, 1.82) is 0 Å². The molecule has 6 nitrogen and oxygen atoms in total. The Morgan fingerprint density at radius 3 is 2.58 bits per heavy atom. The summed E-state index contributed by atoms with van der Waals surface area (Å²) in [6.45, 7) is 1.83. The van der Waals surface area contributed by atoms with E-state index in [1.165, 1.54) is 17.0 Å². The number of sulfonamides is 1. The number of anilines is 1. The Bertz CT molecular complexity index is 865. The van der Waals surface area contributed by atoms with Crippen molar-refractivity contribution >= 4 is 21.6 Å². The number of ether oxygens (including phenoxy) is 1. The molecule has 0 saturated heterocycles. The number of rotatable bonds is 4. The fraction of sp³-hybridized carbons (Fsp3) is 0.235. The summed E-state index contributed by atoms with van der Waals surface area (Å²) >= 11 is 0. The third-order valence-electron chi connectivity index (χ3n) is 3.89. The maximum atomic E-state index is 12.3. The van der Waals surface area contributed by atoms with Gasteiger partial charge >= 0.3 is 0 Å². The van der Waals surface area contributed by atoms with Gasteiger partial charge in [-0.25, -0.2) is 13.1 Å². The van der Waals surface area contributed by atoms with Crippen LogP contribution in [0.4, 0.5) is 5.69 Å². The second-order valence-corrected chi connectivity index (χ2v) is 7.36. The Hall–Kier alpha value is -2.38. The van der Waals surface area contributed by atoms with Crippen LogP contribution in [-0.4, -0.2) is 27.5 Å². The number of hydrogen-bond acceptors (Lipinski definition) is 4. The van der Waals surface area contributed by atoms with Crippen LogP contribution in [0, 0.1) is 0 Å². The molecule has 1 N–H and O–H groups in total. The third kappa shape index (κ3) is 3.13. The molecule has 0 saturated carbocycles. The number of carbonyl (C=O) groups excluding carboxylic acids is 1. The highest BCUT2D eigenvalue weighted by Gasteiger charge is 2.28. The van der Waals surface area contributed by atoms with Crippen molar-refractivity contribution in [3.8, 4) is 5.75 Å². The topological polar surface area (TPSA) is 75.7 Å². The molecule has 2 aromatic rings. The number of benzene rings is 2. The lowest BCUT2D eigenvalue weighted by atomic mass is 10.1. The zero-order valence-electron chi connectivity index (χ0n) is 13.4. The van der Waals surface area contributed by atoms with Crippen molar-refractivity contribution in [3.63, 3.8) is 0 Å². The van der Waals surface area contributed by atoms with Gasteiger partial charge in [-0.3, -0.25) is 4.79 Å². The van der Waals surface area contributed by atoms with Crippen LogP contribution in [0.3, 0.4) is 0 Å². The summed E-state index contributed by atoms with van der Waals surface area (Å²) in [5.41, 5.74) is 1.38. The first-order valence-electron chi connectivity index (χ1n) is 7.50. The lowest BCUT2D eigenvalue weighted by Gasteiger charge is -2.30. The predicted octanol–water partition coefficient (Wildman–Crippen LogP) is 1.91. The minimum atomic E-state index is -3.57. The number of fused-ring (bicyclic) bond motifs is 1. The van der Waals surface area contributed by atoms with Gasteiger partial charge in [0.2, 0.25) is 10.0 Å². The van der Waals surface area contributed by atoms with Gasteiger partial charge in [0, 0.05) is 13.6 Å². The summed E-state index contributed by atoms with van der Waals surface area (Å²) in [6, 6.07) is 13.5. The molecule has 0 bridgehead atoms. The van der Waals surface area contributed by atoms with E-state index in [1.54, 1.807) is 50.4 Å². The summed E-state index contributed by atoms with van der Waals surface area (Å²) in [5.74, 6) is 0.476. The largest absolute Gasteiger partial charge is 0.479 e. The molecule has 1 aliphatic rings. The lowest BCUT2D eigenvalue weighted by Crippen LogP contribution is -2.42. The Balaban J connectivity index is 1.79. The standard InChI is InChI=1S/C17H18N2O4S/c1-12-17(20)19(2)15-10-13(8-9-16(15)23-12)11-18-24(21,22)14-6-4-3-5-7-14/h3-10,12,18H,11H2,1-2H3. The normalized spacial score (nSPS) is 17.3. The molecule has 126 valence electrons. The predicted molar refractivity (Wildman–Crippen MR) is 90.4 cm³/mol. The quantitative estimate of drug-likeness (QED) is 0.917. The van der Waals surface area contributed by atoms with Gasteiger partial charge in [-0.15, -0.1) is 0 Å². The molecule has 0 aliphatic carbocycles. The van der Waals surface area contributed by atoms with E-state index in [-0.39, 0.29) is 17.3 Å². The van der Waals surface area contributed by atoms with Gasteiger partial charge < -0.3 is 9.64 Å². The van der Waals surface area contributed by atoms with Crippen LogP contribution in [0.15, 0.2) is 53.4 Å². The Morgan fingerprint density at radius 1 is 1.17 bits per heavy atom. The SMILES string of the molecule is CC1Oc2ccc(CNS(=O)(=O)c3ccccc3)cc2N(C)C1=O. The van der Waals surface area contributed by atoms with Crippen LogP contribution in [-0.2, 0) is 21.4 Å². The monoisotopic (exact) mass is 346 g/mol. The van der Waals surface area contributed by atoms with Crippen LogP contribution in [0.25, 0.3) is 0 Å². The fourth-order valence-corrected chi connectivity index (χ4v) is 3.57. The number of carbonyl (C=O) groups is 1. The maximum absolute atomic E-state index is 12.3. The highest BCUT2D eigenvalue weighted by atomic mass is 32.2. The molecular weight excluding hydrogens is 328 g/mol. The van der Waals surface area contributed by atoms with Crippen LogP contribution < -0.4 is 14.4 Å². The van der Waals surface area contributed by atoms with Crippen molar-refractivity contribution in [1.82, 2.24) is 4.72 Å². The van der Waals surface area contributed by atoms with Gasteiger partial charge in [-0.2, -0.15) is 0 Å². The minimum Gasteiger partial charge on any atom is -0.479 e. The molecule has 0 spiro atoms. The van der Waals surface area contributed by atoms with Crippen LogP contribution in [0.1, 0.15) is 12.5 Å². The highest BCUT2D eigenvalue weighted by Crippen LogP contribution is 2.33. The highest BCUT2D eigenvalue weighted by molar-refractivity contribution is 7.89. The van der Waals surface area contributed by atoms with Gasteiger partial charge in [-0.05, 0) is 36.8 Å². The molecule has 0 fully saturated rings. The van der Waals surface area contributed by atoms with E-state index in [0.29, 0.717) is 11.4 Å². The first-order valence-corrected chi connectivity index (χ1v) is 8.98. The van der Waals surface area contributed by atoms with Crippen molar-refractivity contribution in [3.05, 3.63) is 54.1 Å². The van der Waals surface area contributed by atoms with Crippen molar-refractivity contribution in [2.75, 3.05) is 11.9 Å². The Kier molecular flexibility index (Phi) is 4.29. The first-order chi connectivity index (χ1) is 11.4. The first kappa shape index (κ1) is 16.5. The summed E-state index contributed by atoms with van der Waals surface area (Å²) in [4.78, 5) is 13.7. The number of nitrogens with zero attached hydrogens (tertiary/aromatic N) is 1. The number of nitrogens with one attached hydrogen (secondary N) is 1. The molecule has 3 rings (SSSR count). The average molecular weight is 346 g/mol. The van der Waals surface area contributed by atoms with Gasteiger partial charge in [0.1, 0.15) is 5.75 Å². The molecule has 1 unspecified atom stereocenters. The minimum absolute atomic E-state index is 0.127. The van der Waals surface area contributed by atoms with E-state index < -0.39 is 16.1 Å². The van der Waals surface area contributed by atoms with Gasteiger partial charge in [-0.1, -0.05) is 24.3 Å². The zero-order chi connectivity index (χ0) is 17.3. The summed E-state index contributed by atoms with van der Waals surface area (Å²) in [6.07, 6.45) is -0.523. The molecule has 1 heterocycles.